The summed E-state index contributed by atoms with van der Waals surface area (Å²) in [6.07, 6.45) is 1.59. The van der Waals surface area contributed by atoms with Gasteiger partial charge in [-0.15, -0.1) is 5.10 Å². The number of ether oxygens (including phenoxy) is 2. The molecule has 0 unspecified atom stereocenters. The van der Waals surface area contributed by atoms with Gasteiger partial charge in [0.05, 0.1) is 20.4 Å². The van der Waals surface area contributed by atoms with E-state index in [1.807, 2.05) is 28.0 Å². The Kier molecular flexibility index (Phi) is 5.90. The number of rotatable bonds is 6. The Hall–Kier alpha value is -3.10. The van der Waals surface area contributed by atoms with Gasteiger partial charge in [0.2, 0.25) is 11.9 Å². The van der Waals surface area contributed by atoms with Crippen LogP contribution in [-0.2, 0) is 11.3 Å². The molecule has 1 aromatic carbocycles. The molecule has 2 heterocycles. The molecule has 144 valence electrons. The lowest BCUT2D eigenvalue weighted by molar-refractivity contribution is -0.129. The number of piperazine rings is 1. The first-order valence-corrected chi connectivity index (χ1v) is 8.75. The summed E-state index contributed by atoms with van der Waals surface area (Å²) in [5, 5.41) is 11.4. The third kappa shape index (κ3) is 4.55. The van der Waals surface area contributed by atoms with Crippen molar-refractivity contribution in [2.45, 2.75) is 13.5 Å². The van der Waals surface area contributed by atoms with Crippen LogP contribution in [-0.4, -0.2) is 66.4 Å². The first kappa shape index (κ1) is 18.7. The van der Waals surface area contributed by atoms with Gasteiger partial charge in [-0.25, -0.2) is 0 Å². The van der Waals surface area contributed by atoms with E-state index in [0.717, 1.165) is 5.56 Å². The molecule has 0 atom stereocenters. The van der Waals surface area contributed by atoms with E-state index in [1.165, 1.54) is 0 Å². The lowest BCUT2D eigenvalue weighted by Gasteiger charge is -2.33. The van der Waals surface area contributed by atoms with Crippen molar-refractivity contribution in [3.05, 3.63) is 30.0 Å². The van der Waals surface area contributed by atoms with Gasteiger partial charge in [-0.1, -0.05) is 6.07 Å². The highest BCUT2D eigenvalue weighted by Gasteiger charge is 2.20. The molecule has 0 bridgehead atoms. The van der Waals surface area contributed by atoms with Crippen molar-refractivity contribution in [1.82, 2.24) is 20.1 Å². The predicted molar refractivity (Wildman–Crippen MR) is 101 cm³/mol. The van der Waals surface area contributed by atoms with Crippen LogP contribution >= 0.6 is 0 Å². The fourth-order valence-corrected chi connectivity index (χ4v) is 2.92. The van der Waals surface area contributed by atoms with Crippen molar-refractivity contribution >= 4 is 17.7 Å². The summed E-state index contributed by atoms with van der Waals surface area (Å²) in [5.74, 6) is 2.68. The normalized spacial score (nSPS) is 14.0. The lowest BCUT2D eigenvalue weighted by atomic mass is 10.2. The number of carbonyl (C=O) groups excluding carboxylic acids is 1. The maximum atomic E-state index is 11.4. The highest BCUT2D eigenvalue weighted by atomic mass is 16.5. The molecule has 1 aromatic heterocycles. The number of benzene rings is 1. The third-order valence-corrected chi connectivity index (χ3v) is 4.48. The number of carbonyl (C=O) groups is 1. The molecule has 1 aliphatic rings. The van der Waals surface area contributed by atoms with Crippen LogP contribution < -0.4 is 19.7 Å². The Morgan fingerprint density at radius 2 is 1.89 bits per heavy atom. The minimum Gasteiger partial charge on any atom is -0.493 e. The van der Waals surface area contributed by atoms with Crippen LogP contribution in [0.15, 0.2) is 24.4 Å². The highest BCUT2D eigenvalue weighted by Crippen LogP contribution is 2.27. The van der Waals surface area contributed by atoms with Gasteiger partial charge in [0.1, 0.15) is 0 Å². The van der Waals surface area contributed by atoms with Gasteiger partial charge >= 0.3 is 0 Å². The topological polar surface area (TPSA) is 92.7 Å². The largest absolute Gasteiger partial charge is 0.493 e. The zero-order valence-electron chi connectivity index (χ0n) is 15.8. The maximum absolute atomic E-state index is 11.4. The third-order valence-electron chi connectivity index (χ3n) is 4.48. The highest BCUT2D eigenvalue weighted by molar-refractivity contribution is 5.73. The minimum absolute atomic E-state index is 0.0963. The summed E-state index contributed by atoms with van der Waals surface area (Å²) in [4.78, 5) is 19.8. The van der Waals surface area contributed by atoms with Gasteiger partial charge in [0.25, 0.3) is 0 Å². The second kappa shape index (κ2) is 8.52. The summed E-state index contributed by atoms with van der Waals surface area (Å²) in [6.45, 7) is 4.88. The lowest BCUT2D eigenvalue weighted by Crippen LogP contribution is -2.48. The van der Waals surface area contributed by atoms with Crippen LogP contribution in [0.2, 0.25) is 0 Å². The van der Waals surface area contributed by atoms with Crippen molar-refractivity contribution < 1.29 is 14.3 Å². The second-order valence-corrected chi connectivity index (χ2v) is 6.18. The van der Waals surface area contributed by atoms with E-state index < -0.39 is 0 Å². The zero-order chi connectivity index (χ0) is 19.2. The number of nitrogens with zero attached hydrogens (tertiary/aromatic N) is 5. The van der Waals surface area contributed by atoms with Crippen LogP contribution in [0, 0.1) is 0 Å². The van der Waals surface area contributed by atoms with Crippen molar-refractivity contribution in [2.75, 3.05) is 50.6 Å². The van der Waals surface area contributed by atoms with Crippen molar-refractivity contribution in [1.29, 1.82) is 0 Å². The van der Waals surface area contributed by atoms with Crippen LogP contribution in [0.5, 0.6) is 11.5 Å². The molecule has 27 heavy (non-hydrogen) atoms. The van der Waals surface area contributed by atoms with Gasteiger partial charge in [-0.2, -0.15) is 10.1 Å². The predicted octanol–water partition coefficient (Wildman–Crippen LogP) is 1.17. The van der Waals surface area contributed by atoms with Crippen LogP contribution in [0.3, 0.4) is 0 Å². The quantitative estimate of drug-likeness (QED) is 0.808. The van der Waals surface area contributed by atoms with E-state index in [0.29, 0.717) is 56.0 Å². The van der Waals surface area contributed by atoms with E-state index in [1.54, 1.807) is 27.3 Å². The minimum atomic E-state index is 0.0963. The molecular formula is C18H24N6O3. The Labute approximate surface area is 158 Å². The monoisotopic (exact) mass is 372 g/mol. The van der Waals surface area contributed by atoms with E-state index in [-0.39, 0.29) is 5.91 Å². The van der Waals surface area contributed by atoms with Crippen molar-refractivity contribution in [3.8, 4) is 11.5 Å². The summed E-state index contributed by atoms with van der Waals surface area (Å²) < 4.78 is 10.6. The molecule has 0 saturated carbocycles. The molecule has 0 spiro atoms. The van der Waals surface area contributed by atoms with Gasteiger partial charge < -0.3 is 24.6 Å². The van der Waals surface area contributed by atoms with E-state index in [9.17, 15) is 4.79 Å². The number of anilines is 2. The molecule has 9 heteroatoms. The van der Waals surface area contributed by atoms with Gasteiger partial charge in [0.15, 0.2) is 17.3 Å². The Morgan fingerprint density at radius 1 is 1.15 bits per heavy atom. The van der Waals surface area contributed by atoms with E-state index in [4.69, 9.17) is 9.47 Å². The van der Waals surface area contributed by atoms with Crippen LogP contribution in [0.1, 0.15) is 12.5 Å². The molecule has 0 radical (unpaired) electrons. The Balaban J connectivity index is 1.62. The maximum Gasteiger partial charge on any atom is 0.247 e. The molecule has 1 amide bonds. The molecular weight excluding hydrogens is 348 g/mol. The molecule has 1 fully saturated rings. The fourth-order valence-electron chi connectivity index (χ4n) is 2.92. The number of methoxy groups -OCH3 is 2. The second-order valence-electron chi connectivity index (χ2n) is 6.18. The molecule has 3 rings (SSSR count). The molecule has 9 nitrogen and oxygen atoms in total. The Bertz CT molecular complexity index is 792. The molecule has 1 N–H and O–H groups in total. The van der Waals surface area contributed by atoms with Crippen LogP contribution in [0.25, 0.3) is 0 Å². The number of hydrogen-bond donors (Lipinski definition) is 1. The first-order valence-electron chi connectivity index (χ1n) is 8.75. The molecule has 2 aromatic rings. The fraction of sp³-hybridized carbons (Fsp3) is 0.444. The van der Waals surface area contributed by atoms with Crippen molar-refractivity contribution in [3.63, 3.8) is 0 Å². The number of amides is 1. The molecule has 1 saturated heterocycles. The smallest absolute Gasteiger partial charge is 0.247 e. The van der Waals surface area contributed by atoms with Gasteiger partial charge in [-0.3, -0.25) is 4.79 Å². The zero-order valence-corrected chi connectivity index (χ0v) is 15.8. The standard InChI is InChI=1S/C18H24N6O3/c1-13(25)23-6-8-24(9-7-23)18-21-17(12-20-22-18)19-11-14-4-5-15(26-2)16(10-14)27-3/h4-5,10,12H,6-9,11H2,1-3H3,(H,19,21,22). The van der Waals surface area contributed by atoms with E-state index in [2.05, 4.69) is 20.5 Å². The average Bonchev–Trinajstić information content (AvgIpc) is 2.72. The molecule has 0 aliphatic carbocycles. The van der Waals surface area contributed by atoms with Crippen molar-refractivity contribution in [2.24, 2.45) is 0 Å². The SMILES string of the molecule is COc1ccc(CNc2cnnc(N3CCN(C(C)=O)CC3)n2)cc1OC. The van der Waals surface area contributed by atoms with E-state index >= 15 is 0 Å². The number of hydrogen-bond acceptors (Lipinski definition) is 8. The van der Waals surface area contributed by atoms with Gasteiger partial charge in [-0.05, 0) is 17.7 Å². The Morgan fingerprint density at radius 3 is 2.56 bits per heavy atom. The summed E-state index contributed by atoms with van der Waals surface area (Å²) in [7, 11) is 3.22. The average molecular weight is 372 g/mol. The number of aromatic nitrogens is 3. The summed E-state index contributed by atoms with van der Waals surface area (Å²) in [5.41, 5.74) is 1.03. The first-order chi connectivity index (χ1) is 13.1. The summed E-state index contributed by atoms with van der Waals surface area (Å²) >= 11 is 0. The number of nitrogens with one attached hydrogen (secondary N) is 1. The van der Waals surface area contributed by atoms with Crippen LogP contribution in [0.4, 0.5) is 11.8 Å². The van der Waals surface area contributed by atoms with Gasteiger partial charge in [0, 0.05) is 39.6 Å². The summed E-state index contributed by atoms with van der Waals surface area (Å²) in [6, 6.07) is 5.75. The molecule has 1 aliphatic heterocycles.